The number of rotatable bonds is 5. The molecule has 132 valence electrons. The van der Waals surface area contributed by atoms with Crippen LogP contribution in [0.3, 0.4) is 0 Å². The van der Waals surface area contributed by atoms with E-state index in [2.05, 4.69) is 16.3 Å². The van der Waals surface area contributed by atoms with Crippen LogP contribution in [0.1, 0.15) is 37.8 Å². The molecule has 1 aliphatic rings. The lowest BCUT2D eigenvalue weighted by molar-refractivity contribution is -0.150. The summed E-state index contributed by atoms with van der Waals surface area (Å²) in [5.74, 6) is -0.314. The zero-order valence-electron chi connectivity index (χ0n) is 15.1. The Hall–Kier alpha value is -1.88. The van der Waals surface area contributed by atoms with Gasteiger partial charge in [0.15, 0.2) is 0 Å². The minimum Gasteiger partial charge on any atom is -0.466 e. The third kappa shape index (κ3) is 4.57. The second-order valence-electron chi connectivity index (χ2n) is 6.57. The lowest BCUT2D eigenvalue weighted by atomic mass is 9.97. The molecule has 1 amide bonds. The molecule has 0 spiro atoms. The van der Waals surface area contributed by atoms with Gasteiger partial charge in [0.05, 0.1) is 18.6 Å². The largest absolute Gasteiger partial charge is 0.466 e. The standard InChI is InChI=1S/C19H28N2O3/c1-5-24-19(23)16-7-6-10-21(12-16)15(4)18(22)20-17-9-8-13(2)11-14(17)3/h8-9,11,15-16H,5-7,10,12H2,1-4H3,(H,20,22)/t15-,16-/m0/s1. The molecular formula is C19H28N2O3. The van der Waals surface area contributed by atoms with E-state index in [1.807, 2.05) is 39.8 Å². The number of piperidine rings is 1. The monoisotopic (exact) mass is 332 g/mol. The molecule has 2 atom stereocenters. The van der Waals surface area contributed by atoms with E-state index in [4.69, 9.17) is 4.74 Å². The number of hydrogen-bond donors (Lipinski definition) is 1. The highest BCUT2D eigenvalue weighted by Gasteiger charge is 2.31. The molecule has 1 heterocycles. The summed E-state index contributed by atoms with van der Waals surface area (Å²) in [5, 5.41) is 3.01. The van der Waals surface area contributed by atoms with Crippen molar-refractivity contribution in [3.8, 4) is 0 Å². The Morgan fingerprint density at radius 3 is 2.79 bits per heavy atom. The van der Waals surface area contributed by atoms with Gasteiger partial charge in [-0.1, -0.05) is 17.7 Å². The molecule has 1 fully saturated rings. The van der Waals surface area contributed by atoms with Crippen LogP contribution in [0.15, 0.2) is 18.2 Å². The van der Waals surface area contributed by atoms with Gasteiger partial charge in [0.1, 0.15) is 0 Å². The quantitative estimate of drug-likeness (QED) is 0.842. The van der Waals surface area contributed by atoms with Crippen molar-refractivity contribution < 1.29 is 14.3 Å². The van der Waals surface area contributed by atoms with Crippen molar-refractivity contribution in [3.05, 3.63) is 29.3 Å². The number of carbonyl (C=O) groups excluding carboxylic acids is 2. The Labute approximate surface area is 144 Å². The fourth-order valence-corrected chi connectivity index (χ4v) is 3.17. The van der Waals surface area contributed by atoms with Gasteiger partial charge >= 0.3 is 5.97 Å². The van der Waals surface area contributed by atoms with Gasteiger partial charge in [0, 0.05) is 12.2 Å². The Balaban J connectivity index is 1.98. The maximum absolute atomic E-state index is 12.6. The molecule has 0 radical (unpaired) electrons. The molecule has 0 aliphatic carbocycles. The maximum atomic E-state index is 12.6. The van der Waals surface area contributed by atoms with Gasteiger partial charge in [0.2, 0.25) is 5.91 Å². The minimum atomic E-state index is -0.275. The fraction of sp³-hybridized carbons (Fsp3) is 0.579. The Morgan fingerprint density at radius 1 is 1.38 bits per heavy atom. The molecule has 0 aromatic heterocycles. The second kappa shape index (κ2) is 8.29. The molecule has 1 saturated heterocycles. The number of ether oxygens (including phenoxy) is 1. The number of benzene rings is 1. The summed E-state index contributed by atoms with van der Waals surface area (Å²) < 4.78 is 5.13. The maximum Gasteiger partial charge on any atom is 0.310 e. The molecule has 2 rings (SSSR count). The number of nitrogens with zero attached hydrogens (tertiary/aromatic N) is 1. The summed E-state index contributed by atoms with van der Waals surface area (Å²) in [6.07, 6.45) is 1.74. The van der Waals surface area contributed by atoms with E-state index in [1.165, 1.54) is 5.56 Å². The number of nitrogens with one attached hydrogen (secondary N) is 1. The van der Waals surface area contributed by atoms with Crippen LogP contribution in [0.4, 0.5) is 5.69 Å². The SMILES string of the molecule is CCOC(=O)[C@H]1CCCN([C@@H](C)C(=O)Nc2ccc(C)cc2C)C1. The van der Waals surface area contributed by atoms with Gasteiger partial charge < -0.3 is 10.1 Å². The molecule has 0 unspecified atom stereocenters. The lowest BCUT2D eigenvalue weighted by Gasteiger charge is -2.35. The average molecular weight is 332 g/mol. The van der Waals surface area contributed by atoms with Crippen molar-refractivity contribution in [1.29, 1.82) is 0 Å². The van der Waals surface area contributed by atoms with Crippen LogP contribution in [0.5, 0.6) is 0 Å². The van der Waals surface area contributed by atoms with Crippen molar-refractivity contribution >= 4 is 17.6 Å². The van der Waals surface area contributed by atoms with E-state index < -0.39 is 0 Å². The van der Waals surface area contributed by atoms with E-state index in [9.17, 15) is 9.59 Å². The molecule has 24 heavy (non-hydrogen) atoms. The van der Waals surface area contributed by atoms with Crippen molar-refractivity contribution in [2.75, 3.05) is 25.0 Å². The summed E-state index contributed by atoms with van der Waals surface area (Å²) in [6, 6.07) is 5.71. The molecule has 1 aromatic carbocycles. The van der Waals surface area contributed by atoms with Gasteiger partial charge in [-0.15, -0.1) is 0 Å². The summed E-state index contributed by atoms with van der Waals surface area (Å²) in [6.45, 7) is 9.55. The first-order valence-corrected chi connectivity index (χ1v) is 8.71. The molecule has 5 nitrogen and oxygen atoms in total. The van der Waals surface area contributed by atoms with E-state index in [0.29, 0.717) is 13.2 Å². The number of amides is 1. The van der Waals surface area contributed by atoms with Crippen LogP contribution < -0.4 is 5.32 Å². The van der Waals surface area contributed by atoms with E-state index in [-0.39, 0.29) is 23.8 Å². The number of likely N-dealkylation sites (tertiary alicyclic amines) is 1. The summed E-state index contributed by atoms with van der Waals surface area (Å²) in [7, 11) is 0. The third-order valence-electron chi connectivity index (χ3n) is 4.64. The highest BCUT2D eigenvalue weighted by atomic mass is 16.5. The Bertz CT molecular complexity index is 600. The molecule has 1 aromatic rings. The lowest BCUT2D eigenvalue weighted by Crippen LogP contribution is -2.48. The zero-order chi connectivity index (χ0) is 17.7. The van der Waals surface area contributed by atoms with Crippen LogP contribution in [0.25, 0.3) is 0 Å². The zero-order valence-corrected chi connectivity index (χ0v) is 15.1. The highest BCUT2D eigenvalue weighted by Crippen LogP contribution is 2.21. The van der Waals surface area contributed by atoms with Crippen molar-refractivity contribution in [3.63, 3.8) is 0 Å². The van der Waals surface area contributed by atoms with Crippen LogP contribution in [0.2, 0.25) is 0 Å². The van der Waals surface area contributed by atoms with Gasteiger partial charge in [0.25, 0.3) is 0 Å². The first kappa shape index (κ1) is 18.5. The van der Waals surface area contributed by atoms with Gasteiger partial charge in [-0.3, -0.25) is 14.5 Å². The molecule has 0 bridgehead atoms. The summed E-state index contributed by atoms with van der Waals surface area (Å²) >= 11 is 0. The van der Waals surface area contributed by atoms with E-state index in [1.54, 1.807) is 0 Å². The second-order valence-corrected chi connectivity index (χ2v) is 6.57. The van der Waals surface area contributed by atoms with Crippen LogP contribution in [0, 0.1) is 19.8 Å². The van der Waals surface area contributed by atoms with Crippen LogP contribution >= 0.6 is 0 Å². The van der Waals surface area contributed by atoms with Gasteiger partial charge in [-0.2, -0.15) is 0 Å². The molecule has 1 aliphatic heterocycles. The van der Waals surface area contributed by atoms with Gasteiger partial charge in [-0.05, 0) is 58.7 Å². The number of anilines is 1. The highest BCUT2D eigenvalue weighted by molar-refractivity contribution is 5.95. The third-order valence-corrected chi connectivity index (χ3v) is 4.64. The number of aryl methyl sites for hydroxylation is 2. The van der Waals surface area contributed by atoms with Crippen LogP contribution in [-0.2, 0) is 14.3 Å². The molecule has 1 N–H and O–H groups in total. The fourth-order valence-electron chi connectivity index (χ4n) is 3.17. The van der Waals surface area contributed by atoms with E-state index in [0.717, 1.165) is 30.6 Å². The normalized spacial score (nSPS) is 19.6. The van der Waals surface area contributed by atoms with Crippen molar-refractivity contribution in [2.24, 2.45) is 5.92 Å². The van der Waals surface area contributed by atoms with Gasteiger partial charge in [-0.25, -0.2) is 0 Å². The predicted molar refractivity (Wildman–Crippen MR) is 94.9 cm³/mol. The van der Waals surface area contributed by atoms with E-state index >= 15 is 0 Å². The predicted octanol–water partition coefficient (Wildman–Crippen LogP) is 2.91. The minimum absolute atomic E-state index is 0.0357. The first-order chi connectivity index (χ1) is 11.4. The Kier molecular flexibility index (Phi) is 6.37. The summed E-state index contributed by atoms with van der Waals surface area (Å²) in [5.41, 5.74) is 3.07. The smallest absolute Gasteiger partial charge is 0.310 e. The number of hydrogen-bond acceptors (Lipinski definition) is 4. The molecule has 0 saturated carbocycles. The topological polar surface area (TPSA) is 58.6 Å². The molecule has 5 heteroatoms. The van der Waals surface area contributed by atoms with Crippen molar-refractivity contribution in [2.45, 2.75) is 46.6 Å². The summed E-state index contributed by atoms with van der Waals surface area (Å²) in [4.78, 5) is 26.6. The first-order valence-electron chi connectivity index (χ1n) is 8.71. The molecular weight excluding hydrogens is 304 g/mol. The average Bonchev–Trinajstić information content (AvgIpc) is 2.57. The van der Waals surface area contributed by atoms with Crippen molar-refractivity contribution in [1.82, 2.24) is 4.90 Å². The number of esters is 1. The number of carbonyl (C=O) groups is 2. The van der Waals surface area contributed by atoms with Crippen LogP contribution in [-0.4, -0.2) is 42.5 Å². The Morgan fingerprint density at radius 2 is 2.12 bits per heavy atom.